The molecule has 2 heterocycles. The molecule has 1 saturated heterocycles. The molecular formula is C19H24Cl2N2O3. The molecule has 5 nitrogen and oxygen atoms in total. The Morgan fingerprint density at radius 1 is 1.35 bits per heavy atom. The van der Waals surface area contributed by atoms with Crippen molar-refractivity contribution in [2.45, 2.75) is 32.1 Å². The number of rotatable bonds is 8. The minimum atomic E-state index is 0. The maximum Gasteiger partial charge on any atom is 0.180 e. The van der Waals surface area contributed by atoms with Crippen LogP contribution in [-0.4, -0.2) is 31.3 Å². The van der Waals surface area contributed by atoms with Gasteiger partial charge < -0.3 is 19.5 Å². The Labute approximate surface area is 165 Å². The molecule has 3 rings (SSSR count). The lowest BCUT2D eigenvalue weighted by Gasteiger charge is -2.15. The monoisotopic (exact) mass is 398 g/mol. The average molecular weight is 399 g/mol. The van der Waals surface area contributed by atoms with Crippen molar-refractivity contribution in [2.75, 3.05) is 20.3 Å². The molecule has 0 bridgehead atoms. The molecule has 0 aliphatic carbocycles. The number of hydrogen-bond donors (Lipinski definition) is 1. The highest BCUT2D eigenvalue weighted by molar-refractivity contribution is 6.32. The van der Waals surface area contributed by atoms with E-state index in [-0.39, 0.29) is 12.4 Å². The summed E-state index contributed by atoms with van der Waals surface area (Å²) in [4.78, 5) is 4.08. The van der Waals surface area contributed by atoms with Crippen LogP contribution in [0.5, 0.6) is 11.5 Å². The number of methoxy groups -OCH3 is 1. The molecule has 1 fully saturated rings. The van der Waals surface area contributed by atoms with E-state index in [4.69, 9.17) is 25.8 Å². The number of hydrogen-bond acceptors (Lipinski definition) is 5. The first-order chi connectivity index (χ1) is 12.3. The van der Waals surface area contributed by atoms with Gasteiger partial charge in [-0.2, -0.15) is 0 Å². The molecule has 142 valence electrons. The quantitative estimate of drug-likeness (QED) is 0.727. The fourth-order valence-corrected chi connectivity index (χ4v) is 3.13. The van der Waals surface area contributed by atoms with E-state index < -0.39 is 0 Å². The van der Waals surface area contributed by atoms with Crippen molar-refractivity contribution < 1.29 is 14.2 Å². The molecule has 0 spiro atoms. The van der Waals surface area contributed by atoms with E-state index in [1.165, 1.54) is 0 Å². The Bertz CT molecular complexity index is 680. The highest BCUT2D eigenvalue weighted by Gasteiger charge is 2.16. The van der Waals surface area contributed by atoms with Crippen molar-refractivity contribution in [3.05, 3.63) is 52.8 Å². The van der Waals surface area contributed by atoms with Crippen molar-refractivity contribution in [1.29, 1.82) is 0 Å². The lowest BCUT2D eigenvalue weighted by molar-refractivity contribution is 0.110. The van der Waals surface area contributed by atoms with E-state index in [0.717, 1.165) is 37.1 Å². The Kier molecular flexibility index (Phi) is 8.45. The van der Waals surface area contributed by atoms with Crippen molar-refractivity contribution in [1.82, 2.24) is 10.3 Å². The van der Waals surface area contributed by atoms with Crippen LogP contribution in [0.15, 0.2) is 36.7 Å². The largest absolute Gasteiger partial charge is 0.493 e. The maximum absolute atomic E-state index is 6.41. The standard InChI is InChI=1S/C19H23ClN2O3.ClH/c1-23-18-9-15(11-22-12-16-5-3-7-24-16)8-17(20)19(18)25-13-14-4-2-6-21-10-14;/h2,4,6,8-10,16,22H,3,5,7,11-13H2,1H3;1H. The highest BCUT2D eigenvalue weighted by atomic mass is 35.5. The van der Waals surface area contributed by atoms with Crippen LogP contribution in [0.2, 0.25) is 5.02 Å². The summed E-state index contributed by atoms with van der Waals surface area (Å²) in [5.74, 6) is 1.18. The second-order valence-corrected chi connectivity index (χ2v) is 6.43. The maximum atomic E-state index is 6.41. The molecule has 1 aromatic carbocycles. The number of pyridine rings is 1. The highest BCUT2D eigenvalue weighted by Crippen LogP contribution is 2.37. The first-order valence-electron chi connectivity index (χ1n) is 8.46. The van der Waals surface area contributed by atoms with Crippen LogP contribution in [0, 0.1) is 0 Å². The van der Waals surface area contributed by atoms with Crippen LogP contribution >= 0.6 is 24.0 Å². The number of nitrogens with zero attached hydrogens (tertiary/aromatic N) is 1. The lowest BCUT2D eigenvalue weighted by atomic mass is 10.2. The Morgan fingerprint density at radius 3 is 2.92 bits per heavy atom. The first kappa shape index (κ1) is 20.8. The fourth-order valence-electron chi connectivity index (χ4n) is 2.84. The van der Waals surface area contributed by atoms with Gasteiger partial charge in [0.25, 0.3) is 0 Å². The summed E-state index contributed by atoms with van der Waals surface area (Å²) in [5, 5.41) is 3.95. The number of halogens is 2. The Balaban J connectivity index is 0.00000243. The van der Waals surface area contributed by atoms with Gasteiger partial charge in [0.05, 0.1) is 18.2 Å². The lowest BCUT2D eigenvalue weighted by Crippen LogP contribution is -2.25. The number of aromatic nitrogens is 1. The minimum Gasteiger partial charge on any atom is -0.493 e. The van der Waals surface area contributed by atoms with Gasteiger partial charge in [0.2, 0.25) is 0 Å². The fraction of sp³-hybridized carbons (Fsp3) is 0.421. The van der Waals surface area contributed by atoms with Gasteiger partial charge >= 0.3 is 0 Å². The summed E-state index contributed by atoms with van der Waals surface area (Å²) in [6.45, 7) is 2.81. The molecule has 0 saturated carbocycles. The third kappa shape index (κ3) is 5.74. The molecule has 26 heavy (non-hydrogen) atoms. The van der Waals surface area contributed by atoms with Crippen LogP contribution in [0.1, 0.15) is 24.0 Å². The predicted octanol–water partition coefficient (Wildman–Crippen LogP) is 4.01. The van der Waals surface area contributed by atoms with Crippen LogP contribution in [0.25, 0.3) is 0 Å². The van der Waals surface area contributed by atoms with Crippen LogP contribution in [0.3, 0.4) is 0 Å². The van der Waals surface area contributed by atoms with Gasteiger partial charge in [-0.3, -0.25) is 4.98 Å². The molecule has 0 radical (unpaired) electrons. The topological polar surface area (TPSA) is 52.6 Å². The molecule has 1 unspecified atom stereocenters. The van der Waals surface area contributed by atoms with Gasteiger partial charge in [0.1, 0.15) is 6.61 Å². The van der Waals surface area contributed by atoms with E-state index in [1.807, 2.05) is 24.3 Å². The molecular weight excluding hydrogens is 375 g/mol. The summed E-state index contributed by atoms with van der Waals surface area (Å²) < 4.78 is 16.9. The molecule has 7 heteroatoms. The van der Waals surface area contributed by atoms with Crippen LogP contribution in [0.4, 0.5) is 0 Å². The second kappa shape index (κ2) is 10.6. The van der Waals surface area contributed by atoms with E-state index in [9.17, 15) is 0 Å². The van der Waals surface area contributed by atoms with Gasteiger partial charge in [-0.25, -0.2) is 0 Å². The number of ether oxygens (including phenoxy) is 3. The van der Waals surface area contributed by atoms with Gasteiger partial charge in [-0.05, 0) is 36.6 Å². The van der Waals surface area contributed by atoms with Gasteiger partial charge in [-0.1, -0.05) is 17.7 Å². The Morgan fingerprint density at radius 2 is 2.23 bits per heavy atom. The summed E-state index contributed by atoms with van der Waals surface area (Å²) in [5.41, 5.74) is 2.02. The van der Waals surface area contributed by atoms with Crippen LogP contribution in [-0.2, 0) is 17.9 Å². The van der Waals surface area contributed by atoms with Gasteiger partial charge in [-0.15, -0.1) is 12.4 Å². The first-order valence-corrected chi connectivity index (χ1v) is 8.84. The van der Waals surface area contributed by atoms with Gasteiger partial charge in [0, 0.05) is 37.7 Å². The summed E-state index contributed by atoms with van der Waals surface area (Å²) in [6.07, 6.45) is 6.09. The summed E-state index contributed by atoms with van der Waals surface area (Å²) in [6, 6.07) is 7.69. The SMILES string of the molecule is COc1cc(CNCC2CCCO2)cc(Cl)c1OCc1cccnc1.Cl. The molecule has 2 aromatic rings. The minimum absolute atomic E-state index is 0. The normalized spacial score (nSPS) is 16.2. The molecule has 1 atom stereocenters. The zero-order valence-corrected chi connectivity index (χ0v) is 16.3. The summed E-state index contributed by atoms with van der Waals surface area (Å²) in [7, 11) is 1.62. The van der Waals surface area contributed by atoms with Gasteiger partial charge in [0.15, 0.2) is 11.5 Å². The van der Waals surface area contributed by atoms with E-state index >= 15 is 0 Å². The molecule has 1 aliphatic heterocycles. The van der Waals surface area contributed by atoms with Crippen LogP contribution < -0.4 is 14.8 Å². The third-order valence-electron chi connectivity index (χ3n) is 4.12. The van der Waals surface area contributed by atoms with Crippen molar-refractivity contribution in [2.24, 2.45) is 0 Å². The molecule has 0 amide bonds. The molecule has 1 aliphatic rings. The summed E-state index contributed by atoms with van der Waals surface area (Å²) >= 11 is 6.41. The zero-order valence-electron chi connectivity index (χ0n) is 14.7. The van der Waals surface area contributed by atoms with Crippen molar-refractivity contribution in [3.8, 4) is 11.5 Å². The van der Waals surface area contributed by atoms with Crippen molar-refractivity contribution >= 4 is 24.0 Å². The van der Waals surface area contributed by atoms with E-state index in [1.54, 1.807) is 19.5 Å². The number of nitrogens with one attached hydrogen (secondary N) is 1. The third-order valence-corrected chi connectivity index (χ3v) is 4.40. The average Bonchev–Trinajstić information content (AvgIpc) is 3.15. The predicted molar refractivity (Wildman–Crippen MR) is 105 cm³/mol. The van der Waals surface area contributed by atoms with Crippen molar-refractivity contribution in [3.63, 3.8) is 0 Å². The van der Waals surface area contributed by atoms with E-state index in [2.05, 4.69) is 10.3 Å². The molecule has 1 N–H and O–H groups in total. The van der Waals surface area contributed by atoms with E-state index in [0.29, 0.717) is 35.8 Å². The smallest absolute Gasteiger partial charge is 0.180 e. The zero-order chi connectivity index (χ0) is 17.5. The molecule has 1 aromatic heterocycles. The Hall–Kier alpha value is -1.53. The second-order valence-electron chi connectivity index (χ2n) is 6.02. The number of benzene rings is 1.